The van der Waals surface area contributed by atoms with Crippen LogP contribution < -0.4 is 4.90 Å². The smallest absolute Gasteiger partial charge is 0.130 e. The van der Waals surface area contributed by atoms with Crippen LogP contribution in [0.15, 0.2) is 48.8 Å². The SMILES string of the molecule is N=C(/C=C\c1ncc(-c2ccc(N3CCOCC3)nc2)[nH]1)N1CCCC1c1cc(F)ccc1F. The van der Waals surface area contributed by atoms with Gasteiger partial charge in [-0.3, -0.25) is 5.41 Å². The van der Waals surface area contributed by atoms with Crippen LogP contribution in [0.2, 0.25) is 0 Å². The minimum Gasteiger partial charge on any atom is -0.378 e. The Kier molecular flexibility index (Phi) is 6.35. The van der Waals surface area contributed by atoms with Gasteiger partial charge in [0.05, 0.1) is 31.1 Å². The molecule has 0 saturated carbocycles. The van der Waals surface area contributed by atoms with E-state index >= 15 is 0 Å². The molecule has 7 nitrogen and oxygen atoms in total. The Morgan fingerprint density at radius 3 is 2.74 bits per heavy atom. The highest BCUT2D eigenvalue weighted by molar-refractivity contribution is 5.94. The number of pyridine rings is 1. The summed E-state index contributed by atoms with van der Waals surface area (Å²) in [5, 5.41) is 8.49. The van der Waals surface area contributed by atoms with E-state index in [-0.39, 0.29) is 11.9 Å². The van der Waals surface area contributed by atoms with E-state index in [1.807, 2.05) is 18.3 Å². The van der Waals surface area contributed by atoms with Crippen LogP contribution in [-0.4, -0.2) is 58.5 Å². The number of aromatic amines is 1. The molecule has 0 radical (unpaired) electrons. The van der Waals surface area contributed by atoms with Gasteiger partial charge < -0.3 is 19.5 Å². The normalized spacial score (nSPS) is 18.7. The average molecular weight is 465 g/mol. The largest absolute Gasteiger partial charge is 0.378 e. The number of benzene rings is 1. The van der Waals surface area contributed by atoms with E-state index in [2.05, 4.69) is 19.9 Å². The molecule has 0 spiro atoms. The first-order valence-electron chi connectivity index (χ1n) is 11.4. The molecule has 2 aliphatic rings. The molecule has 1 atom stereocenters. The number of anilines is 1. The molecule has 2 aliphatic heterocycles. The standard InChI is InChI=1S/C25H26F2N6O/c26-18-4-5-20(27)19(14-18)22-2-1-9-33(22)23(28)6-7-24-29-16-21(31-24)17-3-8-25(30-15-17)32-10-12-34-13-11-32/h3-8,14-16,22,28H,1-2,9-13H2,(H,29,31)/b7-6-,28-23?. The van der Waals surface area contributed by atoms with Crippen LogP contribution in [0.5, 0.6) is 0 Å². The zero-order valence-electron chi connectivity index (χ0n) is 18.7. The third-order valence-corrected chi connectivity index (χ3v) is 6.27. The van der Waals surface area contributed by atoms with E-state index in [9.17, 15) is 8.78 Å². The summed E-state index contributed by atoms with van der Waals surface area (Å²) in [5.41, 5.74) is 2.04. The number of H-pyrrole nitrogens is 1. The van der Waals surface area contributed by atoms with Gasteiger partial charge in [0, 0.05) is 37.0 Å². The number of imidazole rings is 1. The van der Waals surface area contributed by atoms with Gasteiger partial charge in [-0.25, -0.2) is 18.7 Å². The van der Waals surface area contributed by atoms with Crippen molar-refractivity contribution >= 4 is 17.7 Å². The molecule has 1 aromatic carbocycles. The molecule has 2 aromatic heterocycles. The fourth-order valence-corrected chi connectivity index (χ4v) is 4.49. The fraction of sp³-hybridized carbons (Fsp3) is 0.320. The monoisotopic (exact) mass is 464 g/mol. The lowest BCUT2D eigenvalue weighted by Gasteiger charge is -2.27. The summed E-state index contributed by atoms with van der Waals surface area (Å²) in [6.45, 7) is 3.71. The van der Waals surface area contributed by atoms with Gasteiger partial charge in [0.25, 0.3) is 0 Å². The van der Waals surface area contributed by atoms with Crippen LogP contribution in [0.4, 0.5) is 14.6 Å². The van der Waals surface area contributed by atoms with Gasteiger partial charge in [0.1, 0.15) is 29.1 Å². The van der Waals surface area contributed by atoms with Gasteiger partial charge in [-0.2, -0.15) is 0 Å². The molecule has 5 rings (SSSR count). The quantitative estimate of drug-likeness (QED) is 0.432. The number of ether oxygens (including phenoxy) is 1. The summed E-state index contributed by atoms with van der Waals surface area (Å²) in [6, 6.07) is 7.13. The Bertz CT molecular complexity index is 1190. The topological polar surface area (TPSA) is 81.1 Å². The van der Waals surface area contributed by atoms with Crippen molar-refractivity contribution < 1.29 is 13.5 Å². The molecule has 0 aliphatic carbocycles. The van der Waals surface area contributed by atoms with Crippen LogP contribution in [0, 0.1) is 17.0 Å². The van der Waals surface area contributed by atoms with Crippen LogP contribution >= 0.6 is 0 Å². The van der Waals surface area contributed by atoms with Gasteiger partial charge in [-0.15, -0.1) is 0 Å². The van der Waals surface area contributed by atoms with E-state index in [4.69, 9.17) is 10.1 Å². The van der Waals surface area contributed by atoms with Crippen molar-refractivity contribution in [3.8, 4) is 11.3 Å². The molecule has 4 heterocycles. The van der Waals surface area contributed by atoms with Crippen LogP contribution in [-0.2, 0) is 4.74 Å². The maximum absolute atomic E-state index is 14.3. The lowest BCUT2D eigenvalue weighted by atomic mass is 10.0. The molecule has 3 aromatic rings. The molecular weight excluding hydrogens is 438 g/mol. The molecule has 9 heteroatoms. The number of halogens is 2. The van der Waals surface area contributed by atoms with Gasteiger partial charge in [0.2, 0.25) is 0 Å². The second kappa shape index (κ2) is 9.72. The first-order chi connectivity index (χ1) is 16.6. The molecule has 0 amide bonds. The number of likely N-dealkylation sites (tertiary alicyclic amines) is 1. The molecule has 176 valence electrons. The van der Waals surface area contributed by atoms with Crippen LogP contribution in [0.1, 0.15) is 30.3 Å². The predicted octanol–water partition coefficient (Wildman–Crippen LogP) is 4.41. The Balaban J connectivity index is 1.26. The summed E-state index contributed by atoms with van der Waals surface area (Å²) in [6.07, 6.45) is 8.40. The van der Waals surface area contributed by atoms with E-state index in [0.717, 1.165) is 48.7 Å². The number of hydrogen-bond donors (Lipinski definition) is 2. The number of morpholine rings is 1. The van der Waals surface area contributed by atoms with Crippen LogP contribution in [0.25, 0.3) is 17.3 Å². The van der Waals surface area contributed by atoms with E-state index in [1.165, 1.54) is 6.07 Å². The minimum atomic E-state index is -0.471. The molecular formula is C25H26F2N6O. The maximum atomic E-state index is 14.3. The summed E-state index contributed by atoms with van der Waals surface area (Å²) < 4.78 is 33.4. The third kappa shape index (κ3) is 4.70. The maximum Gasteiger partial charge on any atom is 0.130 e. The molecule has 2 fully saturated rings. The minimum absolute atomic E-state index is 0.237. The molecule has 1 unspecified atom stereocenters. The number of rotatable bonds is 5. The van der Waals surface area contributed by atoms with E-state index in [1.54, 1.807) is 23.2 Å². The van der Waals surface area contributed by atoms with E-state index in [0.29, 0.717) is 37.6 Å². The Morgan fingerprint density at radius 1 is 1.09 bits per heavy atom. The Hall–Kier alpha value is -3.59. The molecule has 34 heavy (non-hydrogen) atoms. The van der Waals surface area contributed by atoms with Crippen molar-refractivity contribution in [2.45, 2.75) is 18.9 Å². The highest BCUT2D eigenvalue weighted by Crippen LogP contribution is 2.34. The third-order valence-electron chi connectivity index (χ3n) is 6.27. The Labute approximate surface area is 196 Å². The number of nitrogens with one attached hydrogen (secondary N) is 2. The summed E-state index contributed by atoms with van der Waals surface area (Å²) in [4.78, 5) is 16.2. The second-order valence-corrected chi connectivity index (χ2v) is 8.42. The van der Waals surface area contributed by atoms with Crippen molar-refractivity contribution in [1.82, 2.24) is 19.9 Å². The number of amidine groups is 1. The van der Waals surface area contributed by atoms with Crippen molar-refractivity contribution in [1.29, 1.82) is 5.41 Å². The lowest BCUT2D eigenvalue weighted by Crippen LogP contribution is -2.36. The van der Waals surface area contributed by atoms with Crippen molar-refractivity contribution in [3.63, 3.8) is 0 Å². The van der Waals surface area contributed by atoms with Gasteiger partial charge in [-0.05, 0) is 55.3 Å². The fourth-order valence-electron chi connectivity index (χ4n) is 4.49. The predicted molar refractivity (Wildman–Crippen MR) is 127 cm³/mol. The Morgan fingerprint density at radius 2 is 1.94 bits per heavy atom. The van der Waals surface area contributed by atoms with Gasteiger partial charge >= 0.3 is 0 Å². The zero-order valence-corrected chi connectivity index (χ0v) is 18.7. The first-order valence-corrected chi connectivity index (χ1v) is 11.4. The number of aromatic nitrogens is 3. The number of nitrogens with zero attached hydrogens (tertiary/aromatic N) is 4. The van der Waals surface area contributed by atoms with Gasteiger partial charge in [-0.1, -0.05) is 0 Å². The lowest BCUT2D eigenvalue weighted by molar-refractivity contribution is 0.122. The molecule has 0 bridgehead atoms. The van der Waals surface area contributed by atoms with Crippen molar-refractivity contribution in [2.24, 2.45) is 0 Å². The zero-order chi connectivity index (χ0) is 23.5. The van der Waals surface area contributed by atoms with Crippen molar-refractivity contribution in [3.05, 3.63) is 71.8 Å². The van der Waals surface area contributed by atoms with Crippen LogP contribution in [0.3, 0.4) is 0 Å². The average Bonchev–Trinajstić information content (AvgIpc) is 3.55. The summed E-state index contributed by atoms with van der Waals surface area (Å²) in [5.74, 6) is 0.847. The highest BCUT2D eigenvalue weighted by Gasteiger charge is 2.29. The number of hydrogen-bond acceptors (Lipinski definition) is 5. The van der Waals surface area contributed by atoms with E-state index < -0.39 is 11.6 Å². The highest BCUT2D eigenvalue weighted by atomic mass is 19.1. The molecule has 2 N–H and O–H groups in total. The second-order valence-electron chi connectivity index (χ2n) is 8.42. The molecule has 2 saturated heterocycles. The summed E-state index contributed by atoms with van der Waals surface area (Å²) >= 11 is 0. The van der Waals surface area contributed by atoms with Gasteiger partial charge in [0.15, 0.2) is 0 Å². The first kappa shape index (κ1) is 22.2. The summed E-state index contributed by atoms with van der Waals surface area (Å²) in [7, 11) is 0. The van der Waals surface area contributed by atoms with Crippen molar-refractivity contribution in [2.75, 3.05) is 37.7 Å².